The minimum atomic E-state index is -0.936. The molecule has 0 bridgehead atoms. The molecule has 0 fully saturated rings. The van der Waals surface area contributed by atoms with Crippen LogP contribution in [-0.2, 0) is 9.53 Å². The molecule has 0 aliphatic rings. The van der Waals surface area contributed by atoms with Crippen LogP contribution in [0.5, 0.6) is 5.75 Å². The van der Waals surface area contributed by atoms with Gasteiger partial charge in [0.2, 0.25) is 0 Å². The molecule has 0 unspecified atom stereocenters. The van der Waals surface area contributed by atoms with E-state index in [1.165, 1.54) is 25.0 Å². The van der Waals surface area contributed by atoms with Crippen molar-refractivity contribution in [1.82, 2.24) is 4.90 Å². The summed E-state index contributed by atoms with van der Waals surface area (Å²) >= 11 is 3.26. The first-order valence-corrected chi connectivity index (χ1v) is 7.36. The topological polar surface area (TPSA) is 79.6 Å². The average molecular weight is 369 g/mol. The number of hydrogen-bond donors (Lipinski definition) is 0. The quantitative estimate of drug-likeness (QED) is 0.720. The van der Waals surface area contributed by atoms with E-state index in [0.29, 0.717) is 16.8 Å². The number of carbonyl (C=O) groups excluding carboxylic acids is 2. The molecular formula is C15H17BrN2O4. The molecule has 6 nitrogen and oxygen atoms in total. The molecule has 118 valence electrons. The Morgan fingerprint density at radius 1 is 1.45 bits per heavy atom. The van der Waals surface area contributed by atoms with Gasteiger partial charge in [-0.2, -0.15) is 5.26 Å². The van der Waals surface area contributed by atoms with Gasteiger partial charge in [-0.05, 0) is 41.1 Å². The second kappa shape index (κ2) is 8.39. The second-order valence-corrected chi connectivity index (χ2v) is 5.42. The molecule has 0 aromatic heterocycles. The molecule has 1 aromatic carbocycles. The van der Waals surface area contributed by atoms with Crippen molar-refractivity contribution >= 4 is 27.8 Å². The number of benzene rings is 1. The summed E-state index contributed by atoms with van der Waals surface area (Å²) < 4.78 is 10.8. The largest absolute Gasteiger partial charge is 0.497 e. The van der Waals surface area contributed by atoms with E-state index in [9.17, 15) is 9.59 Å². The molecule has 1 aromatic rings. The van der Waals surface area contributed by atoms with Crippen molar-refractivity contribution in [2.24, 2.45) is 0 Å². The molecule has 1 rings (SSSR count). The Balaban J connectivity index is 2.76. The maximum atomic E-state index is 12.2. The Hall–Kier alpha value is -2.07. The molecular weight excluding hydrogens is 352 g/mol. The molecule has 0 N–H and O–H groups in total. The summed E-state index contributed by atoms with van der Waals surface area (Å²) in [5, 5.41) is 8.52. The highest BCUT2D eigenvalue weighted by Crippen LogP contribution is 2.23. The van der Waals surface area contributed by atoms with Crippen LogP contribution < -0.4 is 4.74 Å². The Morgan fingerprint density at radius 2 is 2.14 bits per heavy atom. The van der Waals surface area contributed by atoms with Gasteiger partial charge in [-0.3, -0.25) is 4.79 Å². The summed E-state index contributed by atoms with van der Waals surface area (Å²) in [5.74, 6) is -0.469. The maximum Gasteiger partial charge on any atom is 0.340 e. The zero-order chi connectivity index (χ0) is 16.7. The SMILES string of the molecule is COc1ccc(Br)c(C(=O)O[C@H](C)C(=O)N(C)CCC#N)c1. The third kappa shape index (κ3) is 4.74. The predicted octanol–water partition coefficient (Wildman–Crippen LogP) is 2.38. The van der Waals surface area contributed by atoms with Crippen molar-refractivity contribution in [2.75, 3.05) is 20.7 Å². The smallest absolute Gasteiger partial charge is 0.340 e. The van der Waals surface area contributed by atoms with E-state index >= 15 is 0 Å². The molecule has 0 saturated heterocycles. The fourth-order valence-electron chi connectivity index (χ4n) is 1.70. The summed E-state index contributed by atoms with van der Waals surface area (Å²) in [4.78, 5) is 25.5. The Kier molecular flexibility index (Phi) is 6.86. The van der Waals surface area contributed by atoms with Crippen molar-refractivity contribution in [2.45, 2.75) is 19.4 Å². The number of ether oxygens (including phenoxy) is 2. The number of halogens is 1. The van der Waals surface area contributed by atoms with Gasteiger partial charge >= 0.3 is 5.97 Å². The molecule has 0 aliphatic carbocycles. The maximum absolute atomic E-state index is 12.2. The Labute approximate surface area is 137 Å². The lowest BCUT2D eigenvalue weighted by Gasteiger charge is -2.20. The number of nitriles is 1. The van der Waals surface area contributed by atoms with E-state index in [1.807, 2.05) is 6.07 Å². The van der Waals surface area contributed by atoms with Gasteiger partial charge in [0.25, 0.3) is 5.91 Å². The Bertz CT molecular complexity index is 598. The van der Waals surface area contributed by atoms with Crippen LogP contribution in [0, 0.1) is 11.3 Å². The van der Waals surface area contributed by atoms with Crippen molar-refractivity contribution < 1.29 is 19.1 Å². The Morgan fingerprint density at radius 3 is 2.73 bits per heavy atom. The number of esters is 1. The van der Waals surface area contributed by atoms with Crippen LogP contribution in [0.4, 0.5) is 0 Å². The van der Waals surface area contributed by atoms with E-state index in [2.05, 4.69) is 15.9 Å². The lowest BCUT2D eigenvalue weighted by Crippen LogP contribution is -2.37. The van der Waals surface area contributed by atoms with Crippen LogP contribution in [0.25, 0.3) is 0 Å². The van der Waals surface area contributed by atoms with Crippen LogP contribution in [0.2, 0.25) is 0 Å². The predicted molar refractivity (Wildman–Crippen MR) is 83.4 cm³/mol. The number of amides is 1. The first-order chi connectivity index (χ1) is 10.4. The van der Waals surface area contributed by atoms with Crippen LogP contribution in [0.15, 0.2) is 22.7 Å². The molecule has 0 spiro atoms. The number of rotatable bonds is 6. The molecule has 0 aliphatic heterocycles. The van der Waals surface area contributed by atoms with Crippen LogP contribution >= 0.6 is 15.9 Å². The molecule has 0 heterocycles. The number of carbonyl (C=O) groups is 2. The van der Waals surface area contributed by atoms with Gasteiger partial charge in [0, 0.05) is 18.1 Å². The average Bonchev–Trinajstić information content (AvgIpc) is 2.51. The van der Waals surface area contributed by atoms with Gasteiger partial charge in [0.15, 0.2) is 6.10 Å². The molecule has 7 heteroatoms. The highest BCUT2D eigenvalue weighted by Gasteiger charge is 2.23. The molecule has 0 radical (unpaired) electrons. The summed E-state index contributed by atoms with van der Waals surface area (Å²) in [6.07, 6.45) is -0.709. The van der Waals surface area contributed by atoms with E-state index < -0.39 is 12.1 Å². The number of hydrogen-bond acceptors (Lipinski definition) is 5. The highest BCUT2D eigenvalue weighted by molar-refractivity contribution is 9.10. The standard InChI is InChI=1S/C15H17BrN2O4/c1-10(14(19)18(2)8-4-7-17)22-15(20)12-9-11(21-3)5-6-13(12)16/h5-6,9-10H,4,8H2,1-3H3/t10-/m1/s1. The number of likely N-dealkylation sites (N-methyl/N-ethyl adjacent to an activating group) is 1. The van der Waals surface area contributed by atoms with Crippen molar-refractivity contribution in [3.63, 3.8) is 0 Å². The monoisotopic (exact) mass is 368 g/mol. The molecule has 1 amide bonds. The zero-order valence-electron chi connectivity index (χ0n) is 12.6. The van der Waals surface area contributed by atoms with Gasteiger partial charge in [0.1, 0.15) is 5.75 Å². The lowest BCUT2D eigenvalue weighted by molar-refractivity contribution is -0.138. The number of methoxy groups -OCH3 is 1. The van der Waals surface area contributed by atoms with Crippen molar-refractivity contribution in [1.29, 1.82) is 5.26 Å². The molecule has 1 atom stereocenters. The van der Waals surface area contributed by atoms with Gasteiger partial charge in [-0.1, -0.05) is 0 Å². The summed E-state index contributed by atoms with van der Waals surface area (Å²) in [6, 6.07) is 6.86. The summed E-state index contributed by atoms with van der Waals surface area (Å²) in [7, 11) is 3.06. The number of nitrogens with zero attached hydrogens (tertiary/aromatic N) is 2. The minimum absolute atomic E-state index is 0.227. The fourth-order valence-corrected chi connectivity index (χ4v) is 2.11. The third-order valence-corrected chi connectivity index (χ3v) is 3.65. The first kappa shape index (κ1) is 18.0. The zero-order valence-corrected chi connectivity index (χ0v) is 14.2. The normalized spacial score (nSPS) is 11.2. The molecule has 22 heavy (non-hydrogen) atoms. The fraction of sp³-hybridized carbons (Fsp3) is 0.400. The highest BCUT2D eigenvalue weighted by atomic mass is 79.9. The van der Waals surface area contributed by atoms with Crippen LogP contribution in [-0.4, -0.2) is 43.6 Å². The van der Waals surface area contributed by atoms with Crippen LogP contribution in [0.3, 0.4) is 0 Å². The minimum Gasteiger partial charge on any atom is -0.497 e. The van der Waals surface area contributed by atoms with E-state index in [1.54, 1.807) is 19.2 Å². The van der Waals surface area contributed by atoms with Crippen molar-refractivity contribution in [3.05, 3.63) is 28.2 Å². The van der Waals surface area contributed by atoms with Gasteiger partial charge in [0.05, 0.1) is 25.2 Å². The lowest BCUT2D eigenvalue weighted by atomic mass is 10.2. The van der Waals surface area contributed by atoms with E-state index in [4.69, 9.17) is 14.7 Å². The summed E-state index contributed by atoms with van der Waals surface area (Å²) in [6.45, 7) is 1.79. The molecule has 0 saturated carbocycles. The second-order valence-electron chi connectivity index (χ2n) is 4.56. The van der Waals surface area contributed by atoms with Gasteiger partial charge in [-0.15, -0.1) is 0 Å². The summed E-state index contributed by atoms with van der Waals surface area (Å²) in [5.41, 5.74) is 0.277. The van der Waals surface area contributed by atoms with Crippen molar-refractivity contribution in [3.8, 4) is 11.8 Å². The van der Waals surface area contributed by atoms with E-state index in [-0.39, 0.29) is 17.9 Å². The first-order valence-electron chi connectivity index (χ1n) is 6.57. The van der Waals surface area contributed by atoms with E-state index in [0.717, 1.165) is 0 Å². The van der Waals surface area contributed by atoms with Gasteiger partial charge in [-0.25, -0.2) is 4.79 Å². The van der Waals surface area contributed by atoms with Gasteiger partial charge < -0.3 is 14.4 Å². The van der Waals surface area contributed by atoms with Crippen LogP contribution in [0.1, 0.15) is 23.7 Å². The third-order valence-electron chi connectivity index (χ3n) is 2.96.